The minimum atomic E-state index is -0.152. The number of likely N-dealkylation sites (N-methyl/N-ethyl adjacent to an activating group) is 1. The Bertz CT molecular complexity index is 972. The average Bonchev–Trinajstić information content (AvgIpc) is 3.04. The quantitative estimate of drug-likeness (QED) is 0.734. The van der Waals surface area contributed by atoms with Crippen molar-refractivity contribution in [2.45, 2.75) is 20.8 Å². The minimum Gasteiger partial charge on any atom is -0.350 e. The van der Waals surface area contributed by atoms with Gasteiger partial charge in [0.05, 0.1) is 10.3 Å². The van der Waals surface area contributed by atoms with E-state index in [1.54, 1.807) is 12.3 Å². The van der Waals surface area contributed by atoms with E-state index >= 15 is 0 Å². The summed E-state index contributed by atoms with van der Waals surface area (Å²) < 4.78 is 1.53. The Kier molecular flexibility index (Phi) is 5.15. The third-order valence-electron chi connectivity index (χ3n) is 4.36. The lowest BCUT2D eigenvalue weighted by Crippen LogP contribution is -2.34. The maximum Gasteiger partial charge on any atom is 0.266 e. The molecule has 0 fully saturated rings. The van der Waals surface area contributed by atoms with Crippen LogP contribution in [0.25, 0.3) is 15.9 Å². The summed E-state index contributed by atoms with van der Waals surface area (Å²) in [7, 11) is 0. The summed E-state index contributed by atoms with van der Waals surface area (Å²) in [6, 6.07) is 5.39. The molecule has 7 heteroatoms. The summed E-state index contributed by atoms with van der Waals surface area (Å²) in [5.74, 6) is -0.152. The predicted octanol–water partition coefficient (Wildman–Crippen LogP) is 2.29. The van der Waals surface area contributed by atoms with Gasteiger partial charge in [0, 0.05) is 19.3 Å². The van der Waals surface area contributed by atoms with Gasteiger partial charge in [0.1, 0.15) is 10.5 Å². The zero-order valence-corrected chi connectivity index (χ0v) is 15.5. The van der Waals surface area contributed by atoms with Gasteiger partial charge < -0.3 is 10.2 Å². The SMILES string of the molecule is CCN(CC)CCNC(=O)c1cc2c(=O)n3cccc(C)c3nc2s1. The van der Waals surface area contributed by atoms with E-state index in [1.165, 1.54) is 15.7 Å². The first-order valence-electron chi connectivity index (χ1n) is 8.47. The van der Waals surface area contributed by atoms with Gasteiger partial charge in [-0.3, -0.25) is 14.0 Å². The number of nitrogens with zero attached hydrogens (tertiary/aromatic N) is 3. The van der Waals surface area contributed by atoms with Crippen LogP contribution in [0.2, 0.25) is 0 Å². The molecule has 3 aromatic rings. The van der Waals surface area contributed by atoms with Crippen molar-refractivity contribution in [3.63, 3.8) is 0 Å². The van der Waals surface area contributed by atoms with Crippen molar-refractivity contribution in [2.75, 3.05) is 26.2 Å². The Hall–Kier alpha value is -2.25. The van der Waals surface area contributed by atoms with Crippen LogP contribution in [0.3, 0.4) is 0 Å². The maximum absolute atomic E-state index is 12.6. The van der Waals surface area contributed by atoms with Crippen molar-refractivity contribution in [3.05, 3.63) is 45.2 Å². The first-order chi connectivity index (χ1) is 12.0. The lowest BCUT2D eigenvalue weighted by molar-refractivity contribution is 0.0953. The number of aromatic nitrogens is 2. The summed E-state index contributed by atoms with van der Waals surface area (Å²) in [6.07, 6.45) is 1.71. The Labute approximate surface area is 150 Å². The summed E-state index contributed by atoms with van der Waals surface area (Å²) in [5.41, 5.74) is 1.43. The third-order valence-corrected chi connectivity index (χ3v) is 5.39. The van der Waals surface area contributed by atoms with E-state index < -0.39 is 0 Å². The number of carbonyl (C=O) groups excluding carboxylic acids is 1. The molecular weight excluding hydrogens is 336 g/mol. The zero-order chi connectivity index (χ0) is 18.0. The van der Waals surface area contributed by atoms with Crippen LogP contribution < -0.4 is 10.9 Å². The Morgan fingerprint density at radius 3 is 2.84 bits per heavy atom. The van der Waals surface area contributed by atoms with Crippen molar-refractivity contribution in [2.24, 2.45) is 0 Å². The van der Waals surface area contributed by atoms with E-state index in [0.29, 0.717) is 27.3 Å². The molecule has 3 heterocycles. The molecule has 3 rings (SSSR count). The van der Waals surface area contributed by atoms with Crippen molar-refractivity contribution in [1.82, 2.24) is 19.6 Å². The highest BCUT2D eigenvalue weighted by Crippen LogP contribution is 2.22. The molecule has 0 aliphatic carbocycles. The Morgan fingerprint density at radius 1 is 1.36 bits per heavy atom. The fourth-order valence-electron chi connectivity index (χ4n) is 2.82. The molecule has 25 heavy (non-hydrogen) atoms. The third kappa shape index (κ3) is 3.43. The second-order valence-corrected chi connectivity index (χ2v) is 6.94. The molecule has 0 saturated carbocycles. The average molecular weight is 358 g/mol. The molecule has 0 atom stereocenters. The van der Waals surface area contributed by atoms with E-state index in [-0.39, 0.29) is 11.5 Å². The van der Waals surface area contributed by atoms with E-state index in [0.717, 1.165) is 25.2 Å². The normalized spacial score (nSPS) is 11.5. The van der Waals surface area contributed by atoms with Gasteiger partial charge in [-0.15, -0.1) is 11.3 Å². The van der Waals surface area contributed by atoms with E-state index in [4.69, 9.17) is 0 Å². The highest BCUT2D eigenvalue weighted by atomic mass is 32.1. The zero-order valence-electron chi connectivity index (χ0n) is 14.7. The molecule has 0 aliphatic heterocycles. The lowest BCUT2D eigenvalue weighted by atomic mass is 10.3. The monoisotopic (exact) mass is 358 g/mol. The molecule has 1 N–H and O–H groups in total. The number of thiophene rings is 1. The van der Waals surface area contributed by atoms with Gasteiger partial charge in [-0.25, -0.2) is 4.98 Å². The molecule has 1 amide bonds. The van der Waals surface area contributed by atoms with Gasteiger partial charge in [-0.2, -0.15) is 0 Å². The van der Waals surface area contributed by atoms with Crippen molar-refractivity contribution >= 4 is 33.1 Å². The number of fused-ring (bicyclic) bond motifs is 2. The molecule has 0 saturated heterocycles. The van der Waals surface area contributed by atoms with Crippen LogP contribution in [0.4, 0.5) is 0 Å². The van der Waals surface area contributed by atoms with Crippen molar-refractivity contribution in [1.29, 1.82) is 0 Å². The molecule has 0 aromatic carbocycles. The van der Waals surface area contributed by atoms with E-state index in [9.17, 15) is 9.59 Å². The Morgan fingerprint density at radius 2 is 2.12 bits per heavy atom. The fourth-order valence-corrected chi connectivity index (χ4v) is 3.76. The van der Waals surface area contributed by atoms with Crippen molar-refractivity contribution < 1.29 is 4.79 Å². The summed E-state index contributed by atoms with van der Waals surface area (Å²) in [4.78, 5) is 33.0. The highest BCUT2D eigenvalue weighted by molar-refractivity contribution is 7.20. The fraction of sp³-hybridized carbons (Fsp3) is 0.389. The van der Waals surface area contributed by atoms with Crippen LogP contribution in [-0.4, -0.2) is 46.4 Å². The van der Waals surface area contributed by atoms with Crippen LogP contribution in [0.15, 0.2) is 29.2 Å². The molecule has 0 spiro atoms. The van der Waals surface area contributed by atoms with E-state index in [1.807, 2.05) is 19.1 Å². The first-order valence-corrected chi connectivity index (χ1v) is 9.28. The van der Waals surface area contributed by atoms with Crippen LogP contribution in [-0.2, 0) is 0 Å². The summed E-state index contributed by atoms with van der Waals surface area (Å²) in [5, 5.41) is 3.41. The largest absolute Gasteiger partial charge is 0.350 e. The van der Waals surface area contributed by atoms with Gasteiger partial charge in [-0.05, 0) is 37.7 Å². The second-order valence-electron chi connectivity index (χ2n) is 5.91. The molecule has 6 nitrogen and oxygen atoms in total. The van der Waals surface area contributed by atoms with Crippen LogP contribution in [0, 0.1) is 6.92 Å². The maximum atomic E-state index is 12.6. The smallest absolute Gasteiger partial charge is 0.266 e. The summed E-state index contributed by atoms with van der Waals surface area (Å²) in [6.45, 7) is 9.44. The second kappa shape index (κ2) is 7.33. The molecule has 0 unspecified atom stereocenters. The summed E-state index contributed by atoms with van der Waals surface area (Å²) >= 11 is 1.26. The number of aryl methyl sites for hydroxylation is 1. The Balaban J connectivity index is 1.87. The number of pyridine rings is 1. The van der Waals surface area contributed by atoms with Gasteiger partial charge in [0.25, 0.3) is 11.5 Å². The topological polar surface area (TPSA) is 66.7 Å². The molecule has 0 bridgehead atoms. The van der Waals surface area contributed by atoms with Crippen LogP contribution in [0.1, 0.15) is 29.1 Å². The predicted molar refractivity (Wildman–Crippen MR) is 102 cm³/mol. The van der Waals surface area contributed by atoms with Crippen molar-refractivity contribution in [3.8, 4) is 0 Å². The van der Waals surface area contributed by atoms with Gasteiger partial charge in [0.15, 0.2) is 0 Å². The molecular formula is C18H22N4O2S. The minimum absolute atomic E-state index is 0.137. The molecule has 132 valence electrons. The number of hydrogen-bond donors (Lipinski definition) is 1. The number of amides is 1. The van der Waals surface area contributed by atoms with Crippen LogP contribution in [0.5, 0.6) is 0 Å². The first kappa shape index (κ1) is 17.6. The number of hydrogen-bond acceptors (Lipinski definition) is 5. The van der Waals surface area contributed by atoms with Gasteiger partial charge >= 0.3 is 0 Å². The van der Waals surface area contributed by atoms with Crippen LogP contribution >= 0.6 is 11.3 Å². The standard InChI is InChI=1S/C18H22N4O2S/c1-4-21(5-2)10-8-19-16(23)14-11-13-17(25-14)20-15-12(3)7-6-9-22(15)18(13)24/h6-7,9,11H,4-5,8,10H2,1-3H3,(H,19,23). The number of rotatable bonds is 6. The highest BCUT2D eigenvalue weighted by Gasteiger charge is 2.15. The molecule has 3 aromatic heterocycles. The van der Waals surface area contributed by atoms with Gasteiger partial charge in [0.2, 0.25) is 0 Å². The molecule has 0 radical (unpaired) electrons. The van der Waals surface area contributed by atoms with Gasteiger partial charge in [-0.1, -0.05) is 19.9 Å². The van der Waals surface area contributed by atoms with E-state index in [2.05, 4.69) is 29.0 Å². The lowest BCUT2D eigenvalue weighted by Gasteiger charge is -2.17. The number of nitrogens with one attached hydrogen (secondary N) is 1. The number of carbonyl (C=O) groups is 1. The molecule has 0 aliphatic rings.